The number of hydrogen-bond acceptors (Lipinski definition) is 4. The van der Waals surface area contributed by atoms with Crippen molar-refractivity contribution in [3.05, 3.63) is 66.6 Å². The molecular formula is C20H20N6O. The number of anilines is 1. The van der Waals surface area contributed by atoms with Gasteiger partial charge in [-0.1, -0.05) is 6.07 Å². The Labute approximate surface area is 156 Å². The summed E-state index contributed by atoms with van der Waals surface area (Å²) < 4.78 is 3.99. The Morgan fingerprint density at radius 3 is 2.70 bits per heavy atom. The van der Waals surface area contributed by atoms with Gasteiger partial charge in [0.1, 0.15) is 11.5 Å². The first-order chi connectivity index (χ1) is 13.0. The van der Waals surface area contributed by atoms with Gasteiger partial charge < -0.3 is 9.88 Å². The van der Waals surface area contributed by atoms with Gasteiger partial charge in [0.15, 0.2) is 11.5 Å². The average molecular weight is 360 g/mol. The van der Waals surface area contributed by atoms with Crippen LogP contribution in [0.5, 0.6) is 0 Å². The standard InChI is InChI=1S/C20H20N6O/c1-13(2)26-12-16(22-14(26)3)19-24-18(17-8-4-5-10-25(17)19)20(27)23-15-7-6-9-21-11-15/h4-13H,1-3H3,(H,23,27). The highest BCUT2D eigenvalue weighted by molar-refractivity contribution is 6.08. The summed E-state index contributed by atoms with van der Waals surface area (Å²) in [6, 6.07) is 9.53. The second kappa shape index (κ2) is 6.68. The van der Waals surface area contributed by atoms with E-state index in [1.807, 2.05) is 41.9 Å². The van der Waals surface area contributed by atoms with Crippen molar-refractivity contribution in [2.45, 2.75) is 26.8 Å². The van der Waals surface area contributed by atoms with Crippen molar-refractivity contribution >= 4 is 17.1 Å². The maximum atomic E-state index is 12.8. The van der Waals surface area contributed by atoms with Gasteiger partial charge in [-0.05, 0) is 45.0 Å². The lowest BCUT2D eigenvalue weighted by Crippen LogP contribution is -2.12. The van der Waals surface area contributed by atoms with Crippen molar-refractivity contribution in [1.82, 2.24) is 23.9 Å². The number of nitrogens with one attached hydrogen (secondary N) is 1. The first kappa shape index (κ1) is 17.0. The molecule has 7 nitrogen and oxygen atoms in total. The van der Waals surface area contributed by atoms with Crippen LogP contribution in [0, 0.1) is 6.92 Å². The molecule has 0 fully saturated rings. The Kier molecular flexibility index (Phi) is 4.19. The fourth-order valence-electron chi connectivity index (χ4n) is 3.13. The molecule has 0 aliphatic heterocycles. The highest BCUT2D eigenvalue weighted by atomic mass is 16.1. The van der Waals surface area contributed by atoms with Crippen LogP contribution in [0.2, 0.25) is 0 Å². The lowest BCUT2D eigenvalue weighted by molar-refractivity contribution is 0.102. The number of fused-ring (bicyclic) bond motifs is 1. The van der Waals surface area contributed by atoms with Crippen LogP contribution in [0.3, 0.4) is 0 Å². The molecule has 0 radical (unpaired) electrons. The zero-order valence-corrected chi connectivity index (χ0v) is 15.4. The minimum atomic E-state index is -0.280. The third-order valence-electron chi connectivity index (χ3n) is 4.39. The van der Waals surface area contributed by atoms with Crippen molar-refractivity contribution < 1.29 is 4.79 Å². The van der Waals surface area contributed by atoms with Gasteiger partial charge in [-0.15, -0.1) is 0 Å². The van der Waals surface area contributed by atoms with Crippen LogP contribution in [-0.4, -0.2) is 29.8 Å². The van der Waals surface area contributed by atoms with Gasteiger partial charge >= 0.3 is 0 Å². The van der Waals surface area contributed by atoms with Gasteiger partial charge in [-0.3, -0.25) is 14.2 Å². The van der Waals surface area contributed by atoms with Crippen molar-refractivity contribution in [2.75, 3.05) is 5.32 Å². The van der Waals surface area contributed by atoms with E-state index in [1.165, 1.54) is 0 Å². The monoisotopic (exact) mass is 360 g/mol. The lowest BCUT2D eigenvalue weighted by Gasteiger charge is -2.07. The largest absolute Gasteiger partial charge is 0.332 e. The molecule has 136 valence electrons. The highest BCUT2D eigenvalue weighted by Crippen LogP contribution is 2.24. The second-order valence-electron chi connectivity index (χ2n) is 6.61. The van der Waals surface area contributed by atoms with Crippen LogP contribution in [0.4, 0.5) is 5.69 Å². The lowest BCUT2D eigenvalue weighted by atomic mass is 10.3. The minimum absolute atomic E-state index is 0.280. The number of carbonyl (C=O) groups excluding carboxylic acids is 1. The molecule has 7 heteroatoms. The molecule has 4 aromatic rings. The molecule has 4 heterocycles. The maximum Gasteiger partial charge on any atom is 0.276 e. The Hall–Kier alpha value is -3.48. The average Bonchev–Trinajstić information content (AvgIpc) is 3.23. The van der Waals surface area contributed by atoms with Gasteiger partial charge in [0.2, 0.25) is 0 Å². The van der Waals surface area contributed by atoms with Crippen LogP contribution in [0.15, 0.2) is 55.1 Å². The third kappa shape index (κ3) is 3.08. The number of rotatable bonds is 4. The molecule has 1 N–H and O–H groups in total. The molecule has 27 heavy (non-hydrogen) atoms. The Bertz CT molecular complexity index is 1110. The smallest absolute Gasteiger partial charge is 0.276 e. The van der Waals surface area contributed by atoms with Gasteiger partial charge in [-0.2, -0.15) is 0 Å². The van der Waals surface area contributed by atoms with Crippen LogP contribution in [0.25, 0.3) is 17.0 Å². The molecule has 0 aliphatic rings. The van der Waals surface area contributed by atoms with Gasteiger partial charge in [0.05, 0.1) is 17.4 Å². The van der Waals surface area contributed by atoms with Crippen molar-refractivity contribution in [3.8, 4) is 11.5 Å². The van der Waals surface area contributed by atoms with E-state index in [-0.39, 0.29) is 5.91 Å². The number of imidazole rings is 2. The zero-order valence-electron chi connectivity index (χ0n) is 15.4. The minimum Gasteiger partial charge on any atom is -0.332 e. The number of carbonyl (C=O) groups is 1. The predicted molar refractivity (Wildman–Crippen MR) is 104 cm³/mol. The summed E-state index contributed by atoms with van der Waals surface area (Å²) >= 11 is 0. The topological polar surface area (TPSA) is 77.1 Å². The number of hydrogen-bond donors (Lipinski definition) is 1. The predicted octanol–water partition coefficient (Wildman–Crippen LogP) is 3.73. The van der Waals surface area contributed by atoms with Crippen molar-refractivity contribution in [2.24, 2.45) is 0 Å². The summed E-state index contributed by atoms with van der Waals surface area (Å²) in [5.74, 6) is 1.27. The third-order valence-corrected chi connectivity index (χ3v) is 4.39. The molecule has 0 saturated carbocycles. The maximum absolute atomic E-state index is 12.8. The van der Waals surface area contributed by atoms with E-state index in [0.29, 0.717) is 23.2 Å². The molecule has 0 spiro atoms. The summed E-state index contributed by atoms with van der Waals surface area (Å²) in [6.07, 6.45) is 7.13. The normalized spacial score (nSPS) is 11.3. The van der Waals surface area contributed by atoms with E-state index in [0.717, 1.165) is 17.0 Å². The fraction of sp³-hybridized carbons (Fsp3) is 0.200. The van der Waals surface area contributed by atoms with Gasteiger partial charge in [-0.25, -0.2) is 9.97 Å². The molecule has 0 saturated heterocycles. The Morgan fingerprint density at radius 1 is 1.15 bits per heavy atom. The zero-order chi connectivity index (χ0) is 19.0. The molecular weight excluding hydrogens is 340 g/mol. The molecule has 0 aromatic carbocycles. The summed E-state index contributed by atoms with van der Waals surface area (Å²) in [4.78, 5) is 26.1. The van der Waals surface area contributed by atoms with Crippen LogP contribution < -0.4 is 5.32 Å². The molecule has 0 aliphatic carbocycles. The van der Waals surface area contributed by atoms with Crippen LogP contribution in [-0.2, 0) is 0 Å². The van der Waals surface area contributed by atoms with E-state index in [2.05, 4.69) is 38.7 Å². The van der Waals surface area contributed by atoms with E-state index in [4.69, 9.17) is 0 Å². The van der Waals surface area contributed by atoms with Gasteiger partial charge in [0, 0.05) is 24.6 Å². The second-order valence-corrected chi connectivity index (χ2v) is 6.61. The highest BCUT2D eigenvalue weighted by Gasteiger charge is 2.20. The molecule has 4 rings (SSSR count). The Balaban J connectivity index is 1.80. The summed E-state index contributed by atoms with van der Waals surface area (Å²) in [7, 11) is 0. The first-order valence-corrected chi connectivity index (χ1v) is 8.79. The van der Waals surface area contributed by atoms with Crippen molar-refractivity contribution in [1.29, 1.82) is 0 Å². The number of aromatic nitrogens is 5. The van der Waals surface area contributed by atoms with E-state index in [1.54, 1.807) is 24.5 Å². The first-order valence-electron chi connectivity index (χ1n) is 8.79. The molecule has 4 aromatic heterocycles. The number of pyridine rings is 2. The van der Waals surface area contributed by atoms with E-state index >= 15 is 0 Å². The van der Waals surface area contributed by atoms with E-state index in [9.17, 15) is 4.79 Å². The van der Waals surface area contributed by atoms with Crippen molar-refractivity contribution in [3.63, 3.8) is 0 Å². The SMILES string of the molecule is Cc1nc(-c2nc(C(=O)Nc3cccnc3)c3ccccn23)cn1C(C)C. The summed E-state index contributed by atoms with van der Waals surface area (Å²) in [5.41, 5.74) is 2.45. The van der Waals surface area contributed by atoms with E-state index < -0.39 is 0 Å². The summed E-state index contributed by atoms with van der Waals surface area (Å²) in [5, 5.41) is 2.85. The number of amides is 1. The molecule has 0 atom stereocenters. The number of aryl methyl sites for hydroxylation is 1. The quantitative estimate of drug-likeness (QED) is 0.601. The number of nitrogens with zero attached hydrogens (tertiary/aromatic N) is 5. The molecule has 0 unspecified atom stereocenters. The molecule has 1 amide bonds. The van der Waals surface area contributed by atoms with Gasteiger partial charge in [0.25, 0.3) is 5.91 Å². The Morgan fingerprint density at radius 2 is 2.00 bits per heavy atom. The summed E-state index contributed by atoms with van der Waals surface area (Å²) in [6.45, 7) is 6.18. The fourth-order valence-corrected chi connectivity index (χ4v) is 3.13. The molecule has 0 bridgehead atoms. The van der Waals surface area contributed by atoms with Crippen LogP contribution >= 0.6 is 0 Å². The van der Waals surface area contributed by atoms with Crippen LogP contribution in [0.1, 0.15) is 36.2 Å².